The highest BCUT2D eigenvalue weighted by molar-refractivity contribution is 6.06. The summed E-state index contributed by atoms with van der Waals surface area (Å²) in [4.78, 5) is 29.2. The molecular weight excluding hydrogens is 375 g/mol. The molecule has 0 aliphatic carbocycles. The van der Waals surface area contributed by atoms with Crippen LogP contribution in [-0.2, 0) is 30.6 Å². The number of imidazole rings is 1. The third kappa shape index (κ3) is 3.00. The third-order valence-corrected chi connectivity index (χ3v) is 4.88. The fourth-order valence-corrected chi connectivity index (χ4v) is 3.52. The van der Waals surface area contributed by atoms with E-state index in [-0.39, 0.29) is 37.8 Å². The highest BCUT2D eigenvalue weighted by Crippen LogP contribution is 2.32. The van der Waals surface area contributed by atoms with E-state index in [0.29, 0.717) is 16.5 Å². The number of aromatic nitrogens is 3. The van der Waals surface area contributed by atoms with Crippen molar-refractivity contribution in [2.45, 2.75) is 25.8 Å². The SMILES string of the molecule is NC(=O)c1cn(CC(=O)N2CCn3cnc(C(F)(F)F)c3C2)c2ccccc12. The van der Waals surface area contributed by atoms with Crippen LogP contribution < -0.4 is 5.73 Å². The molecule has 0 saturated carbocycles. The molecule has 3 aromatic rings. The molecule has 10 heteroatoms. The summed E-state index contributed by atoms with van der Waals surface area (Å²) in [7, 11) is 0. The number of carbonyl (C=O) groups is 2. The van der Waals surface area contributed by atoms with E-state index < -0.39 is 17.8 Å². The lowest BCUT2D eigenvalue weighted by Crippen LogP contribution is -2.40. The van der Waals surface area contributed by atoms with Gasteiger partial charge in [0.2, 0.25) is 5.91 Å². The molecule has 0 atom stereocenters. The summed E-state index contributed by atoms with van der Waals surface area (Å²) in [6, 6.07) is 7.00. The third-order valence-electron chi connectivity index (χ3n) is 4.88. The second-order valence-electron chi connectivity index (χ2n) is 6.60. The van der Waals surface area contributed by atoms with E-state index in [1.807, 2.05) is 0 Å². The van der Waals surface area contributed by atoms with Gasteiger partial charge in [-0.15, -0.1) is 0 Å². The van der Waals surface area contributed by atoms with Crippen molar-refractivity contribution in [2.24, 2.45) is 5.73 Å². The van der Waals surface area contributed by atoms with Crippen LogP contribution in [0.2, 0.25) is 0 Å². The van der Waals surface area contributed by atoms with Crippen molar-refractivity contribution in [1.29, 1.82) is 0 Å². The minimum atomic E-state index is -4.57. The minimum absolute atomic E-state index is 0.0257. The maximum Gasteiger partial charge on any atom is 0.435 e. The summed E-state index contributed by atoms with van der Waals surface area (Å²) in [5.74, 6) is -0.962. The molecule has 0 unspecified atom stereocenters. The van der Waals surface area contributed by atoms with Gasteiger partial charge in [0.15, 0.2) is 5.69 Å². The van der Waals surface area contributed by atoms with Gasteiger partial charge in [0.25, 0.3) is 5.91 Å². The predicted molar refractivity (Wildman–Crippen MR) is 93.1 cm³/mol. The average molecular weight is 391 g/mol. The molecule has 0 saturated heterocycles. The summed E-state index contributed by atoms with van der Waals surface area (Å²) >= 11 is 0. The van der Waals surface area contributed by atoms with Crippen LogP contribution in [0.3, 0.4) is 0 Å². The Balaban J connectivity index is 1.60. The quantitative estimate of drug-likeness (QED) is 0.741. The normalized spacial score (nSPS) is 14.3. The molecule has 0 spiro atoms. The van der Waals surface area contributed by atoms with Crippen LogP contribution >= 0.6 is 0 Å². The fourth-order valence-electron chi connectivity index (χ4n) is 3.52. The van der Waals surface area contributed by atoms with E-state index in [9.17, 15) is 22.8 Å². The number of para-hydroxylation sites is 1. The van der Waals surface area contributed by atoms with Crippen molar-refractivity contribution in [3.63, 3.8) is 0 Å². The number of nitrogens with zero attached hydrogens (tertiary/aromatic N) is 4. The molecule has 2 N–H and O–H groups in total. The second kappa shape index (κ2) is 6.39. The molecule has 146 valence electrons. The number of primary amides is 1. The number of halogens is 3. The van der Waals surface area contributed by atoms with Gasteiger partial charge in [0, 0.05) is 30.2 Å². The Morgan fingerprint density at radius 1 is 1.18 bits per heavy atom. The summed E-state index contributed by atoms with van der Waals surface area (Å²) < 4.78 is 42.3. The van der Waals surface area contributed by atoms with Crippen molar-refractivity contribution < 1.29 is 22.8 Å². The standard InChI is InChI=1S/C18H16F3N5O2/c19-18(20,21)16-14-8-24(5-6-25(14)10-23-16)15(27)9-26-7-12(17(22)28)11-3-1-2-4-13(11)26/h1-4,7,10H,5-6,8-9H2,(H2,22,28). The van der Waals surface area contributed by atoms with E-state index in [1.165, 1.54) is 15.7 Å². The Kier molecular flexibility index (Phi) is 4.13. The number of nitrogens with two attached hydrogens (primary N) is 1. The van der Waals surface area contributed by atoms with Crippen LogP contribution in [0.4, 0.5) is 13.2 Å². The number of fused-ring (bicyclic) bond motifs is 2. The number of amides is 2. The zero-order valence-corrected chi connectivity index (χ0v) is 14.6. The number of hydrogen-bond donors (Lipinski definition) is 1. The van der Waals surface area contributed by atoms with Crippen molar-refractivity contribution >= 4 is 22.7 Å². The highest BCUT2D eigenvalue weighted by atomic mass is 19.4. The van der Waals surface area contributed by atoms with E-state index in [1.54, 1.807) is 28.8 Å². The van der Waals surface area contributed by atoms with Gasteiger partial charge in [0.05, 0.1) is 24.1 Å². The number of carbonyl (C=O) groups excluding carboxylic acids is 2. The topological polar surface area (TPSA) is 86.1 Å². The molecule has 1 aliphatic heterocycles. The molecular formula is C18H16F3N5O2. The first-order chi connectivity index (χ1) is 13.3. The molecule has 4 rings (SSSR count). The number of hydrogen-bond acceptors (Lipinski definition) is 3. The first kappa shape index (κ1) is 18.1. The maximum atomic E-state index is 13.1. The van der Waals surface area contributed by atoms with E-state index in [0.717, 1.165) is 6.33 Å². The largest absolute Gasteiger partial charge is 0.435 e. The van der Waals surface area contributed by atoms with Gasteiger partial charge < -0.3 is 19.8 Å². The second-order valence-corrected chi connectivity index (χ2v) is 6.60. The molecule has 0 radical (unpaired) electrons. The van der Waals surface area contributed by atoms with E-state index in [2.05, 4.69) is 4.98 Å². The molecule has 0 bridgehead atoms. The molecule has 2 amide bonds. The van der Waals surface area contributed by atoms with E-state index in [4.69, 9.17) is 5.73 Å². The van der Waals surface area contributed by atoms with Gasteiger partial charge in [-0.2, -0.15) is 13.2 Å². The monoisotopic (exact) mass is 391 g/mol. The van der Waals surface area contributed by atoms with Crippen LogP contribution in [0.1, 0.15) is 21.7 Å². The molecule has 1 aliphatic rings. The van der Waals surface area contributed by atoms with Crippen LogP contribution in [-0.4, -0.2) is 37.4 Å². The first-order valence-corrected chi connectivity index (χ1v) is 8.52. The lowest BCUT2D eigenvalue weighted by atomic mass is 10.2. The van der Waals surface area contributed by atoms with Gasteiger partial charge in [-0.3, -0.25) is 9.59 Å². The van der Waals surface area contributed by atoms with E-state index >= 15 is 0 Å². The smallest absolute Gasteiger partial charge is 0.366 e. The van der Waals surface area contributed by atoms with Crippen LogP contribution in [0, 0.1) is 0 Å². The summed E-state index contributed by atoms with van der Waals surface area (Å²) in [5, 5.41) is 0.624. The lowest BCUT2D eigenvalue weighted by molar-refractivity contribution is -0.143. The Labute approximate surface area is 157 Å². The summed E-state index contributed by atoms with van der Waals surface area (Å²) in [6.07, 6.45) is -1.92. The van der Waals surface area contributed by atoms with Gasteiger partial charge in [-0.05, 0) is 6.07 Å². The zero-order valence-electron chi connectivity index (χ0n) is 14.6. The minimum Gasteiger partial charge on any atom is -0.366 e. The Hall–Kier alpha value is -3.30. The van der Waals surface area contributed by atoms with Crippen molar-refractivity contribution in [1.82, 2.24) is 19.0 Å². The van der Waals surface area contributed by atoms with Crippen molar-refractivity contribution in [2.75, 3.05) is 6.54 Å². The van der Waals surface area contributed by atoms with Crippen molar-refractivity contribution in [3.8, 4) is 0 Å². The molecule has 0 fully saturated rings. The average Bonchev–Trinajstić information content (AvgIpc) is 3.23. The zero-order chi connectivity index (χ0) is 20.1. The van der Waals surface area contributed by atoms with Gasteiger partial charge in [0.1, 0.15) is 6.54 Å². The van der Waals surface area contributed by atoms with Crippen LogP contribution in [0.25, 0.3) is 10.9 Å². The number of benzene rings is 1. The van der Waals surface area contributed by atoms with Crippen LogP contribution in [0.15, 0.2) is 36.8 Å². The Morgan fingerprint density at radius 3 is 2.64 bits per heavy atom. The molecule has 2 aromatic heterocycles. The first-order valence-electron chi connectivity index (χ1n) is 8.52. The van der Waals surface area contributed by atoms with Crippen LogP contribution in [0.5, 0.6) is 0 Å². The summed E-state index contributed by atoms with van der Waals surface area (Å²) in [5.41, 5.74) is 5.36. The lowest BCUT2D eigenvalue weighted by Gasteiger charge is -2.29. The fraction of sp³-hybridized carbons (Fsp3) is 0.278. The Morgan fingerprint density at radius 2 is 1.93 bits per heavy atom. The van der Waals surface area contributed by atoms with Gasteiger partial charge >= 0.3 is 6.18 Å². The highest BCUT2D eigenvalue weighted by Gasteiger charge is 2.39. The maximum absolute atomic E-state index is 13.1. The van der Waals surface area contributed by atoms with Crippen molar-refractivity contribution in [3.05, 3.63) is 53.7 Å². The molecule has 7 nitrogen and oxygen atoms in total. The predicted octanol–water partition coefficient (Wildman–Crippen LogP) is 2.00. The number of rotatable bonds is 3. The Bertz CT molecular complexity index is 1080. The number of alkyl halides is 3. The summed E-state index contributed by atoms with van der Waals surface area (Å²) in [6.45, 7) is 0.239. The van der Waals surface area contributed by atoms with Gasteiger partial charge in [-0.25, -0.2) is 4.98 Å². The molecule has 1 aromatic carbocycles. The molecule has 28 heavy (non-hydrogen) atoms. The van der Waals surface area contributed by atoms with Gasteiger partial charge in [-0.1, -0.05) is 18.2 Å². The molecule has 3 heterocycles.